The molecule has 3 N–H and O–H groups in total. The van der Waals surface area contributed by atoms with E-state index in [1.807, 2.05) is 18.2 Å². The summed E-state index contributed by atoms with van der Waals surface area (Å²) in [5.74, 6) is 0. The zero-order valence-electron chi connectivity index (χ0n) is 8.56. The quantitative estimate of drug-likeness (QED) is 0.688. The molecule has 1 aliphatic rings. The zero-order chi connectivity index (χ0) is 11.4. The summed E-state index contributed by atoms with van der Waals surface area (Å²) in [4.78, 5) is 22.6. The van der Waals surface area contributed by atoms with E-state index < -0.39 is 6.03 Å². The first kappa shape index (κ1) is 10.3. The molecule has 0 aliphatic carbocycles. The molecule has 1 heterocycles. The van der Waals surface area contributed by atoms with Gasteiger partial charge in [-0.05, 0) is 12.1 Å². The standard InChI is InChI=1S/C10H12N4O2/c15-9(12-8-4-2-1-3-5-8)13-14-7-6-11-10(14)16/h1-5H,6-7H2,(H,11,16)(H2,12,13,15). The Labute approximate surface area is 92.6 Å². The summed E-state index contributed by atoms with van der Waals surface area (Å²) in [6.45, 7) is 1.02. The molecule has 1 saturated heterocycles. The molecule has 0 atom stereocenters. The topological polar surface area (TPSA) is 73.5 Å². The number of nitrogens with zero attached hydrogens (tertiary/aromatic N) is 1. The fraction of sp³-hybridized carbons (Fsp3) is 0.200. The van der Waals surface area contributed by atoms with E-state index in [1.54, 1.807) is 12.1 Å². The molecule has 84 valence electrons. The highest BCUT2D eigenvalue weighted by molar-refractivity contribution is 5.90. The van der Waals surface area contributed by atoms with Gasteiger partial charge in [0.2, 0.25) is 0 Å². The molecular weight excluding hydrogens is 208 g/mol. The third kappa shape index (κ3) is 2.41. The van der Waals surface area contributed by atoms with E-state index in [2.05, 4.69) is 16.1 Å². The third-order valence-corrected chi connectivity index (χ3v) is 2.12. The number of para-hydroxylation sites is 1. The molecule has 0 bridgehead atoms. The molecule has 1 aliphatic heterocycles. The first-order chi connectivity index (χ1) is 7.75. The summed E-state index contributed by atoms with van der Waals surface area (Å²) < 4.78 is 0. The van der Waals surface area contributed by atoms with Crippen LogP contribution in [0.1, 0.15) is 0 Å². The number of amides is 4. The normalized spacial score (nSPS) is 14.5. The number of rotatable bonds is 2. The highest BCUT2D eigenvalue weighted by atomic mass is 16.2. The van der Waals surface area contributed by atoms with Gasteiger partial charge in [-0.2, -0.15) is 0 Å². The smallest absolute Gasteiger partial charge is 0.335 e. The Morgan fingerprint density at radius 3 is 2.69 bits per heavy atom. The van der Waals surface area contributed by atoms with Crippen molar-refractivity contribution in [2.45, 2.75) is 0 Å². The van der Waals surface area contributed by atoms with Crippen LogP contribution >= 0.6 is 0 Å². The molecule has 0 aromatic heterocycles. The molecule has 1 aromatic carbocycles. The summed E-state index contributed by atoms with van der Waals surface area (Å²) >= 11 is 0. The number of benzene rings is 1. The lowest BCUT2D eigenvalue weighted by Crippen LogP contribution is -2.46. The number of anilines is 1. The molecule has 0 saturated carbocycles. The first-order valence-electron chi connectivity index (χ1n) is 4.94. The van der Waals surface area contributed by atoms with Crippen LogP contribution in [0.4, 0.5) is 15.3 Å². The predicted molar refractivity (Wildman–Crippen MR) is 58.7 cm³/mol. The van der Waals surface area contributed by atoms with Crippen LogP contribution < -0.4 is 16.1 Å². The highest BCUT2D eigenvalue weighted by Gasteiger charge is 2.20. The Kier molecular flexibility index (Phi) is 2.90. The molecule has 6 heteroatoms. The predicted octanol–water partition coefficient (Wildman–Crippen LogP) is 0.748. The summed E-state index contributed by atoms with van der Waals surface area (Å²) in [7, 11) is 0. The van der Waals surface area contributed by atoms with Crippen LogP contribution in [0.25, 0.3) is 0 Å². The molecule has 16 heavy (non-hydrogen) atoms. The maximum absolute atomic E-state index is 11.5. The lowest BCUT2D eigenvalue weighted by Gasteiger charge is -2.15. The van der Waals surface area contributed by atoms with Crippen LogP contribution in [0.2, 0.25) is 0 Å². The van der Waals surface area contributed by atoms with Gasteiger partial charge in [0, 0.05) is 12.2 Å². The minimum Gasteiger partial charge on any atom is -0.335 e. The summed E-state index contributed by atoms with van der Waals surface area (Å²) in [6, 6.07) is 8.31. The van der Waals surface area contributed by atoms with Crippen molar-refractivity contribution < 1.29 is 9.59 Å². The molecule has 0 unspecified atom stereocenters. The van der Waals surface area contributed by atoms with E-state index in [-0.39, 0.29) is 6.03 Å². The van der Waals surface area contributed by atoms with Gasteiger partial charge in [0.05, 0.1) is 6.54 Å². The van der Waals surface area contributed by atoms with Gasteiger partial charge < -0.3 is 10.6 Å². The maximum Gasteiger partial charge on any atom is 0.338 e. The van der Waals surface area contributed by atoms with E-state index in [9.17, 15) is 9.59 Å². The van der Waals surface area contributed by atoms with E-state index >= 15 is 0 Å². The van der Waals surface area contributed by atoms with Crippen molar-refractivity contribution in [1.29, 1.82) is 0 Å². The van der Waals surface area contributed by atoms with Crippen molar-refractivity contribution in [3.63, 3.8) is 0 Å². The number of carbonyl (C=O) groups excluding carboxylic acids is 2. The number of nitrogens with one attached hydrogen (secondary N) is 3. The number of urea groups is 2. The molecule has 6 nitrogen and oxygen atoms in total. The average molecular weight is 220 g/mol. The second kappa shape index (κ2) is 4.52. The minimum absolute atomic E-state index is 0.289. The van der Waals surface area contributed by atoms with E-state index in [0.717, 1.165) is 0 Å². The summed E-state index contributed by atoms with van der Waals surface area (Å²) in [6.07, 6.45) is 0. The van der Waals surface area contributed by atoms with Crippen molar-refractivity contribution in [3.8, 4) is 0 Å². The van der Waals surface area contributed by atoms with Crippen LogP contribution in [-0.2, 0) is 0 Å². The fourth-order valence-electron chi connectivity index (χ4n) is 1.38. The van der Waals surface area contributed by atoms with Crippen molar-refractivity contribution in [2.75, 3.05) is 18.4 Å². The van der Waals surface area contributed by atoms with Gasteiger partial charge in [-0.15, -0.1) is 0 Å². The number of hydrogen-bond donors (Lipinski definition) is 3. The fourth-order valence-corrected chi connectivity index (χ4v) is 1.38. The van der Waals surface area contributed by atoms with E-state index in [0.29, 0.717) is 18.8 Å². The Balaban J connectivity index is 1.87. The maximum atomic E-state index is 11.5. The molecule has 1 fully saturated rings. The Morgan fingerprint density at radius 1 is 1.31 bits per heavy atom. The summed E-state index contributed by atoms with van der Waals surface area (Å²) in [5.41, 5.74) is 3.13. The van der Waals surface area contributed by atoms with Gasteiger partial charge in [-0.25, -0.2) is 20.0 Å². The molecule has 2 rings (SSSR count). The van der Waals surface area contributed by atoms with E-state index in [1.165, 1.54) is 5.01 Å². The van der Waals surface area contributed by atoms with Gasteiger partial charge >= 0.3 is 12.1 Å². The largest absolute Gasteiger partial charge is 0.338 e. The number of hydrazine groups is 1. The highest BCUT2D eigenvalue weighted by Crippen LogP contribution is 2.04. The van der Waals surface area contributed by atoms with E-state index in [4.69, 9.17) is 0 Å². The second-order valence-electron chi connectivity index (χ2n) is 3.32. The monoisotopic (exact) mass is 220 g/mol. The number of hydrogen-bond acceptors (Lipinski definition) is 2. The molecule has 1 aromatic rings. The summed E-state index contributed by atoms with van der Waals surface area (Å²) in [5, 5.41) is 6.44. The zero-order valence-corrected chi connectivity index (χ0v) is 8.56. The van der Waals surface area contributed by atoms with Gasteiger partial charge in [0.25, 0.3) is 0 Å². The van der Waals surface area contributed by atoms with Crippen molar-refractivity contribution in [1.82, 2.24) is 15.8 Å². The first-order valence-corrected chi connectivity index (χ1v) is 4.94. The van der Waals surface area contributed by atoms with Crippen LogP contribution in [0.5, 0.6) is 0 Å². The van der Waals surface area contributed by atoms with Gasteiger partial charge in [0.15, 0.2) is 0 Å². The lowest BCUT2D eigenvalue weighted by atomic mass is 10.3. The van der Waals surface area contributed by atoms with Crippen LogP contribution in [0.3, 0.4) is 0 Å². The Morgan fingerprint density at radius 2 is 2.06 bits per heavy atom. The SMILES string of the molecule is O=C(Nc1ccccc1)NN1CCNC1=O. The third-order valence-electron chi connectivity index (χ3n) is 2.12. The van der Waals surface area contributed by atoms with Crippen molar-refractivity contribution >= 4 is 17.7 Å². The van der Waals surface area contributed by atoms with Gasteiger partial charge in [0.1, 0.15) is 0 Å². The van der Waals surface area contributed by atoms with Crippen LogP contribution in [0.15, 0.2) is 30.3 Å². The lowest BCUT2D eigenvalue weighted by molar-refractivity contribution is 0.191. The van der Waals surface area contributed by atoms with Crippen molar-refractivity contribution in [3.05, 3.63) is 30.3 Å². The average Bonchev–Trinajstić information content (AvgIpc) is 2.66. The van der Waals surface area contributed by atoms with Gasteiger partial charge in [-0.1, -0.05) is 18.2 Å². The molecular formula is C10H12N4O2. The van der Waals surface area contributed by atoms with Crippen molar-refractivity contribution in [2.24, 2.45) is 0 Å². The van der Waals surface area contributed by atoms with Gasteiger partial charge in [-0.3, -0.25) is 0 Å². The molecule has 0 radical (unpaired) electrons. The molecule has 0 spiro atoms. The number of carbonyl (C=O) groups is 2. The molecule has 4 amide bonds. The van der Waals surface area contributed by atoms with Crippen LogP contribution in [-0.4, -0.2) is 30.2 Å². The Bertz CT molecular complexity index is 393. The minimum atomic E-state index is -0.428. The van der Waals surface area contributed by atoms with Crippen LogP contribution in [0, 0.1) is 0 Å². The Hall–Kier alpha value is -2.24. The second-order valence-corrected chi connectivity index (χ2v) is 3.32.